The van der Waals surface area contributed by atoms with Gasteiger partial charge in [0.1, 0.15) is 0 Å². The van der Waals surface area contributed by atoms with Gasteiger partial charge in [-0.3, -0.25) is 9.59 Å². The van der Waals surface area contributed by atoms with E-state index < -0.39 is 5.97 Å². The number of carboxylic acids is 1. The lowest BCUT2D eigenvalue weighted by Gasteiger charge is -2.03. The number of nitrogens with zero attached hydrogens (tertiary/aromatic N) is 3. The molecule has 0 aliphatic carbocycles. The molecule has 0 radical (unpaired) electrons. The largest absolute Gasteiger partial charge is 0.480 e. The number of carboxylic acid groups (broad SMARTS) is 1. The molecule has 2 rings (SSSR count). The molecule has 0 saturated carbocycles. The van der Waals surface area contributed by atoms with Gasteiger partial charge < -0.3 is 10.4 Å². The van der Waals surface area contributed by atoms with Crippen molar-refractivity contribution in [1.82, 2.24) is 15.0 Å². The first kappa shape index (κ1) is 13.2. The molecule has 19 heavy (non-hydrogen) atoms. The van der Waals surface area contributed by atoms with Crippen molar-refractivity contribution in [3.63, 3.8) is 0 Å². The molecule has 0 fully saturated rings. The van der Waals surface area contributed by atoms with Crippen LogP contribution in [0.3, 0.4) is 0 Å². The second-order valence-electron chi connectivity index (χ2n) is 3.59. The average Bonchev–Trinajstić information content (AvgIpc) is 2.76. The van der Waals surface area contributed by atoms with E-state index in [1.54, 1.807) is 24.3 Å². The highest BCUT2D eigenvalue weighted by atomic mass is 79.9. The van der Waals surface area contributed by atoms with Gasteiger partial charge in [-0.05, 0) is 28.1 Å². The summed E-state index contributed by atoms with van der Waals surface area (Å²) in [7, 11) is 0. The van der Waals surface area contributed by atoms with E-state index in [0.717, 1.165) is 4.80 Å². The van der Waals surface area contributed by atoms with Crippen molar-refractivity contribution >= 4 is 33.6 Å². The van der Waals surface area contributed by atoms with E-state index in [2.05, 4.69) is 31.4 Å². The number of amides is 1. The van der Waals surface area contributed by atoms with Gasteiger partial charge in [-0.2, -0.15) is 9.90 Å². The topological polar surface area (TPSA) is 97.1 Å². The Kier molecular flexibility index (Phi) is 3.91. The van der Waals surface area contributed by atoms with Gasteiger partial charge in [-0.15, -0.1) is 5.10 Å². The molecule has 0 saturated heterocycles. The number of anilines is 1. The number of carbonyl (C=O) groups excluding carboxylic acids is 1. The van der Waals surface area contributed by atoms with Crippen molar-refractivity contribution in [2.45, 2.75) is 6.54 Å². The highest BCUT2D eigenvalue weighted by molar-refractivity contribution is 9.10. The molecule has 0 aliphatic heterocycles. The number of hydrogen-bond acceptors (Lipinski definition) is 4. The minimum absolute atomic E-state index is 0.196. The molecule has 1 aromatic carbocycles. The molecule has 7 nitrogen and oxygen atoms in total. The van der Waals surface area contributed by atoms with Gasteiger partial charge in [0, 0.05) is 4.47 Å². The fourth-order valence-corrected chi connectivity index (χ4v) is 1.85. The maximum atomic E-state index is 11.9. The molecular formula is C11H9BrN4O3. The zero-order valence-electron chi connectivity index (χ0n) is 9.58. The molecule has 1 heterocycles. The van der Waals surface area contributed by atoms with Crippen molar-refractivity contribution in [1.29, 1.82) is 0 Å². The summed E-state index contributed by atoms with van der Waals surface area (Å²) in [5, 5.41) is 18.7. The highest BCUT2D eigenvalue weighted by Gasteiger charge is 2.11. The highest BCUT2D eigenvalue weighted by Crippen LogP contribution is 2.16. The van der Waals surface area contributed by atoms with Crippen LogP contribution in [-0.2, 0) is 11.3 Å². The minimum Gasteiger partial charge on any atom is -0.480 e. The number of aliphatic carboxylic acids is 1. The molecular weight excluding hydrogens is 316 g/mol. The van der Waals surface area contributed by atoms with E-state index in [1.165, 1.54) is 6.20 Å². The Morgan fingerprint density at radius 3 is 2.79 bits per heavy atom. The molecule has 98 valence electrons. The van der Waals surface area contributed by atoms with Gasteiger partial charge in [0.2, 0.25) is 0 Å². The van der Waals surface area contributed by atoms with Gasteiger partial charge in [0.05, 0.1) is 11.8 Å². The van der Waals surface area contributed by atoms with Crippen LogP contribution in [0.4, 0.5) is 5.82 Å². The third-order valence-corrected chi connectivity index (χ3v) is 2.86. The predicted molar refractivity (Wildman–Crippen MR) is 69.8 cm³/mol. The summed E-state index contributed by atoms with van der Waals surface area (Å²) in [4.78, 5) is 23.4. The van der Waals surface area contributed by atoms with Crippen LogP contribution in [0, 0.1) is 0 Å². The zero-order valence-corrected chi connectivity index (χ0v) is 11.2. The van der Waals surface area contributed by atoms with Gasteiger partial charge in [0.25, 0.3) is 5.91 Å². The van der Waals surface area contributed by atoms with Crippen LogP contribution in [0.1, 0.15) is 10.4 Å². The van der Waals surface area contributed by atoms with E-state index in [4.69, 9.17) is 5.11 Å². The van der Waals surface area contributed by atoms with E-state index in [0.29, 0.717) is 10.0 Å². The molecule has 0 spiro atoms. The predicted octanol–water partition coefficient (Wildman–Crippen LogP) is 1.38. The Hall–Kier alpha value is -2.22. The van der Waals surface area contributed by atoms with Crippen LogP contribution in [-0.4, -0.2) is 32.0 Å². The van der Waals surface area contributed by atoms with Crippen molar-refractivity contribution < 1.29 is 14.7 Å². The monoisotopic (exact) mass is 324 g/mol. The maximum Gasteiger partial charge on any atom is 0.327 e. The molecule has 8 heteroatoms. The molecule has 0 bridgehead atoms. The Bertz CT molecular complexity index is 626. The maximum absolute atomic E-state index is 11.9. The van der Waals surface area contributed by atoms with Gasteiger partial charge >= 0.3 is 5.97 Å². The second kappa shape index (κ2) is 5.61. The summed E-state index contributed by atoms with van der Waals surface area (Å²) in [5.74, 6) is -1.21. The Morgan fingerprint density at radius 2 is 2.11 bits per heavy atom. The Morgan fingerprint density at radius 1 is 1.37 bits per heavy atom. The third-order valence-electron chi connectivity index (χ3n) is 2.17. The fraction of sp³-hybridized carbons (Fsp3) is 0.0909. The van der Waals surface area contributed by atoms with E-state index >= 15 is 0 Å². The molecule has 1 amide bonds. The second-order valence-corrected chi connectivity index (χ2v) is 4.44. The minimum atomic E-state index is -1.06. The number of halogens is 1. The number of hydrogen-bond donors (Lipinski definition) is 2. The van der Waals surface area contributed by atoms with Gasteiger partial charge in [-0.1, -0.05) is 12.1 Å². The first-order valence-electron chi connectivity index (χ1n) is 5.24. The summed E-state index contributed by atoms with van der Waals surface area (Å²) < 4.78 is 0.658. The number of benzene rings is 1. The van der Waals surface area contributed by atoms with E-state index in [1.807, 2.05) is 0 Å². The lowest BCUT2D eigenvalue weighted by Crippen LogP contribution is -2.14. The number of aromatic nitrogens is 3. The van der Waals surface area contributed by atoms with Gasteiger partial charge in [-0.25, -0.2) is 0 Å². The molecule has 0 atom stereocenters. The summed E-state index contributed by atoms with van der Waals surface area (Å²) in [6, 6.07) is 6.93. The lowest BCUT2D eigenvalue weighted by molar-refractivity contribution is -0.138. The van der Waals surface area contributed by atoms with Crippen LogP contribution >= 0.6 is 15.9 Å². The molecule has 2 aromatic rings. The molecule has 0 aliphatic rings. The quantitative estimate of drug-likeness (QED) is 0.885. The Balaban J connectivity index is 2.09. The Labute approximate surface area is 116 Å². The lowest BCUT2D eigenvalue weighted by atomic mass is 10.2. The first-order valence-corrected chi connectivity index (χ1v) is 6.03. The van der Waals surface area contributed by atoms with Crippen LogP contribution in [0.2, 0.25) is 0 Å². The first-order chi connectivity index (χ1) is 9.06. The average molecular weight is 325 g/mol. The smallest absolute Gasteiger partial charge is 0.327 e. The molecule has 1 aromatic heterocycles. The zero-order chi connectivity index (χ0) is 13.8. The van der Waals surface area contributed by atoms with Crippen LogP contribution in [0.5, 0.6) is 0 Å². The summed E-state index contributed by atoms with van der Waals surface area (Å²) in [6.45, 7) is -0.356. The SMILES string of the molecule is O=C(O)Cn1ncc(NC(=O)c2ccccc2Br)n1. The van der Waals surface area contributed by atoms with E-state index in [9.17, 15) is 9.59 Å². The summed E-state index contributed by atoms with van der Waals surface area (Å²) in [6.07, 6.45) is 1.29. The van der Waals surface area contributed by atoms with Crippen LogP contribution in [0.25, 0.3) is 0 Å². The third kappa shape index (κ3) is 3.38. The standard InChI is InChI=1S/C11H9BrN4O3/c12-8-4-2-1-3-7(8)11(19)14-9-5-13-16(15-9)6-10(17)18/h1-5H,6H2,(H,17,18)(H,14,15,19). The number of nitrogens with one attached hydrogen (secondary N) is 1. The number of rotatable bonds is 4. The fourth-order valence-electron chi connectivity index (χ4n) is 1.38. The van der Waals surface area contributed by atoms with Gasteiger partial charge in [0.15, 0.2) is 12.4 Å². The normalized spacial score (nSPS) is 10.2. The van der Waals surface area contributed by atoms with Crippen molar-refractivity contribution in [2.75, 3.05) is 5.32 Å². The number of carbonyl (C=O) groups is 2. The summed E-state index contributed by atoms with van der Waals surface area (Å²) in [5.41, 5.74) is 0.454. The van der Waals surface area contributed by atoms with E-state index in [-0.39, 0.29) is 18.3 Å². The van der Waals surface area contributed by atoms with Crippen LogP contribution < -0.4 is 5.32 Å². The summed E-state index contributed by atoms with van der Waals surface area (Å²) >= 11 is 3.27. The van der Waals surface area contributed by atoms with Crippen molar-refractivity contribution in [2.24, 2.45) is 0 Å². The molecule has 0 unspecified atom stereocenters. The van der Waals surface area contributed by atoms with Crippen molar-refractivity contribution in [3.05, 3.63) is 40.5 Å². The van der Waals surface area contributed by atoms with Crippen molar-refractivity contribution in [3.8, 4) is 0 Å². The van der Waals surface area contributed by atoms with Crippen LogP contribution in [0.15, 0.2) is 34.9 Å². The molecule has 2 N–H and O–H groups in total.